The van der Waals surface area contributed by atoms with Gasteiger partial charge in [0.2, 0.25) is 0 Å². The molecule has 0 aromatic heterocycles. The summed E-state index contributed by atoms with van der Waals surface area (Å²) >= 11 is 0. The zero-order chi connectivity index (χ0) is 18.2. The first-order valence-electron chi connectivity index (χ1n) is 7.87. The van der Waals surface area contributed by atoms with Crippen molar-refractivity contribution < 1.29 is 14.5 Å². The van der Waals surface area contributed by atoms with Crippen LogP contribution in [-0.4, -0.2) is 31.0 Å². The molecule has 0 amide bonds. The number of rotatable bonds is 9. The van der Waals surface area contributed by atoms with Gasteiger partial charge in [-0.3, -0.25) is 14.9 Å². The van der Waals surface area contributed by atoms with Crippen LogP contribution in [0.5, 0.6) is 0 Å². The number of nitrogens with one attached hydrogen (secondary N) is 2. The van der Waals surface area contributed by atoms with Gasteiger partial charge in [-0.05, 0) is 30.7 Å². The summed E-state index contributed by atoms with van der Waals surface area (Å²) in [5.74, 6) is -0.206. The highest BCUT2D eigenvalue weighted by atomic mass is 16.6. The quantitative estimate of drug-likeness (QED) is 0.313. The molecule has 0 radical (unpaired) electrons. The first-order chi connectivity index (χ1) is 12.0. The van der Waals surface area contributed by atoms with Crippen molar-refractivity contribution in [1.29, 1.82) is 0 Å². The molecule has 0 unspecified atom stereocenters. The molecule has 0 aliphatic carbocycles. The lowest BCUT2D eigenvalue weighted by Crippen LogP contribution is -2.11. The van der Waals surface area contributed by atoms with Crippen molar-refractivity contribution in [3.8, 4) is 0 Å². The number of anilines is 2. The molecule has 2 aromatic rings. The summed E-state index contributed by atoms with van der Waals surface area (Å²) in [5.41, 5.74) is 2.50. The number of hydrogen-bond acceptors (Lipinski definition) is 6. The van der Waals surface area contributed by atoms with Crippen LogP contribution in [0.1, 0.15) is 22.8 Å². The van der Waals surface area contributed by atoms with Gasteiger partial charge in [0.1, 0.15) is 5.69 Å². The van der Waals surface area contributed by atoms with Crippen molar-refractivity contribution in [1.82, 2.24) is 0 Å². The minimum atomic E-state index is -0.489. The first-order valence-corrected chi connectivity index (χ1v) is 7.87. The molecule has 2 aromatic carbocycles. The van der Waals surface area contributed by atoms with E-state index in [0.717, 1.165) is 11.3 Å². The van der Waals surface area contributed by atoms with Gasteiger partial charge >= 0.3 is 0 Å². The highest BCUT2D eigenvalue weighted by molar-refractivity contribution is 5.95. The molecule has 0 saturated heterocycles. The van der Waals surface area contributed by atoms with Gasteiger partial charge in [0.05, 0.1) is 11.5 Å². The van der Waals surface area contributed by atoms with Gasteiger partial charge in [-0.15, -0.1) is 0 Å². The van der Waals surface area contributed by atoms with Gasteiger partial charge in [-0.1, -0.05) is 18.2 Å². The molecule has 2 N–H and O–H groups in total. The second-order valence-electron chi connectivity index (χ2n) is 5.48. The maximum absolute atomic E-state index is 11.4. The number of para-hydroxylation sites is 1. The summed E-state index contributed by atoms with van der Waals surface area (Å²) in [5, 5.41) is 17.6. The van der Waals surface area contributed by atoms with Gasteiger partial charge in [0, 0.05) is 37.5 Å². The van der Waals surface area contributed by atoms with E-state index in [4.69, 9.17) is 4.74 Å². The summed E-state index contributed by atoms with van der Waals surface area (Å²) in [4.78, 5) is 22.2. The van der Waals surface area contributed by atoms with Crippen molar-refractivity contribution >= 4 is 22.8 Å². The topological polar surface area (TPSA) is 93.5 Å². The van der Waals surface area contributed by atoms with E-state index in [1.807, 2.05) is 24.3 Å². The SMILES string of the molecule is COCCNc1ccccc1CNc1ccc(C(C)=O)cc1[N+](=O)[O-]. The van der Waals surface area contributed by atoms with Crippen molar-refractivity contribution in [3.05, 3.63) is 63.7 Å². The lowest BCUT2D eigenvalue weighted by molar-refractivity contribution is -0.384. The highest BCUT2D eigenvalue weighted by Gasteiger charge is 2.16. The van der Waals surface area contributed by atoms with E-state index in [-0.39, 0.29) is 11.5 Å². The molecule has 0 heterocycles. The number of hydrogen-bond donors (Lipinski definition) is 2. The molecule has 0 aliphatic rings. The second kappa shape index (κ2) is 8.79. The van der Waals surface area contributed by atoms with Crippen LogP contribution in [0.3, 0.4) is 0 Å². The maximum Gasteiger partial charge on any atom is 0.293 e. The molecule has 0 spiro atoms. The number of nitro benzene ring substituents is 1. The predicted octanol–water partition coefficient (Wildman–Crippen LogP) is 3.47. The predicted molar refractivity (Wildman–Crippen MR) is 97.2 cm³/mol. The Kier molecular flexibility index (Phi) is 6.47. The van der Waals surface area contributed by atoms with Crippen LogP contribution >= 0.6 is 0 Å². The van der Waals surface area contributed by atoms with Crippen molar-refractivity contribution in [2.45, 2.75) is 13.5 Å². The number of methoxy groups -OCH3 is 1. The van der Waals surface area contributed by atoms with Crippen molar-refractivity contribution in [2.75, 3.05) is 30.9 Å². The fraction of sp³-hybridized carbons (Fsp3) is 0.278. The molecular formula is C18H21N3O4. The number of ether oxygens (including phenoxy) is 1. The summed E-state index contributed by atoms with van der Waals surface area (Å²) in [6.07, 6.45) is 0. The number of carbonyl (C=O) groups is 1. The minimum absolute atomic E-state index is 0.113. The second-order valence-corrected chi connectivity index (χ2v) is 5.48. The Morgan fingerprint density at radius 2 is 1.92 bits per heavy atom. The van der Waals surface area contributed by atoms with E-state index in [9.17, 15) is 14.9 Å². The molecule has 7 nitrogen and oxygen atoms in total. The van der Waals surface area contributed by atoms with Gasteiger partial charge in [0.15, 0.2) is 5.78 Å². The summed E-state index contributed by atoms with van der Waals surface area (Å²) in [6, 6.07) is 12.2. The third kappa shape index (κ3) is 5.02. The van der Waals surface area contributed by atoms with Gasteiger partial charge in [-0.25, -0.2) is 0 Å². The molecule has 0 bridgehead atoms. The van der Waals surface area contributed by atoms with Crippen LogP contribution in [0.2, 0.25) is 0 Å². The minimum Gasteiger partial charge on any atom is -0.383 e. The van der Waals surface area contributed by atoms with E-state index in [2.05, 4.69) is 10.6 Å². The first kappa shape index (κ1) is 18.4. The zero-order valence-electron chi connectivity index (χ0n) is 14.2. The number of ketones is 1. The van der Waals surface area contributed by atoms with Crippen LogP contribution in [0.4, 0.5) is 17.1 Å². The third-order valence-electron chi connectivity index (χ3n) is 3.71. The van der Waals surface area contributed by atoms with Crippen LogP contribution in [0.25, 0.3) is 0 Å². The Labute approximate surface area is 146 Å². The van der Waals surface area contributed by atoms with Crippen molar-refractivity contribution in [3.63, 3.8) is 0 Å². The van der Waals surface area contributed by atoms with E-state index >= 15 is 0 Å². The number of benzene rings is 2. The Morgan fingerprint density at radius 3 is 2.60 bits per heavy atom. The van der Waals surface area contributed by atoms with Crippen LogP contribution in [0.15, 0.2) is 42.5 Å². The van der Waals surface area contributed by atoms with Crippen LogP contribution < -0.4 is 10.6 Å². The summed E-state index contributed by atoms with van der Waals surface area (Å²) in [6.45, 7) is 3.05. The Balaban J connectivity index is 2.16. The zero-order valence-corrected chi connectivity index (χ0v) is 14.2. The molecule has 2 rings (SSSR count). The van der Waals surface area contributed by atoms with E-state index in [0.29, 0.717) is 30.9 Å². The molecule has 0 fully saturated rings. The van der Waals surface area contributed by atoms with Gasteiger partial charge in [-0.2, -0.15) is 0 Å². The van der Waals surface area contributed by atoms with Crippen LogP contribution in [0, 0.1) is 10.1 Å². The number of nitrogens with zero attached hydrogens (tertiary/aromatic N) is 1. The summed E-state index contributed by atoms with van der Waals surface area (Å²) in [7, 11) is 1.64. The molecule has 0 saturated carbocycles. The number of nitro groups is 1. The summed E-state index contributed by atoms with van der Waals surface area (Å²) < 4.78 is 5.02. The third-order valence-corrected chi connectivity index (χ3v) is 3.71. The fourth-order valence-corrected chi connectivity index (χ4v) is 2.38. The smallest absolute Gasteiger partial charge is 0.293 e. The highest BCUT2D eigenvalue weighted by Crippen LogP contribution is 2.27. The number of Topliss-reactive ketones (excluding diaryl/α,β-unsaturated/α-hetero) is 1. The molecular weight excluding hydrogens is 322 g/mol. The Hall–Kier alpha value is -2.93. The average Bonchev–Trinajstić information content (AvgIpc) is 2.60. The lowest BCUT2D eigenvalue weighted by atomic mass is 10.1. The Morgan fingerprint density at radius 1 is 1.16 bits per heavy atom. The lowest BCUT2D eigenvalue weighted by Gasteiger charge is -2.13. The van der Waals surface area contributed by atoms with Gasteiger partial charge < -0.3 is 15.4 Å². The molecule has 25 heavy (non-hydrogen) atoms. The molecule has 7 heteroatoms. The van der Waals surface area contributed by atoms with Crippen molar-refractivity contribution in [2.24, 2.45) is 0 Å². The van der Waals surface area contributed by atoms with Gasteiger partial charge in [0.25, 0.3) is 5.69 Å². The van der Waals surface area contributed by atoms with E-state index < -0.39 is 4.92 Å². The maximum atomic E-state index is 11.4. The van der Waals surface area contributed by atoms with E-state index in [1.165, 1.54) is 13.0 Å². The van der Waals surface area contributed by atoms with Crippen LogP contribution in [-0.2, 0) is 11.3 Å². The fourth-order valence-electron chi connectivity index (χ4n) is 2.38. The molecule has 132 valence electrons. The Bertz CT molecular complexity index is 762. The monoisotopic (exact) mass is 343 g/mol. The number of carbonyl (C=O) groups excluding carboxylic acids is 1. The normalized spacial score (nSPS) is 10.3. The average molecular weight is 343 g/mol. The largest absolute Gasteiger partial charge is 0.383 e. The molecule has 0 aliphatic heterocycles. The van der Waals surface area contributed by atoms with E-state index in [1.54, 1.807) is 19.2 Å². The molecule has 0 atom stereocenters. The standard InChI is InChI=1S/C18H21N3O4/c1-13(22)14-7-8-17(18(11-14)21(23)24)20-12-15-5-3-4-6-16(15)19-9-10-25-2/h3-8,11,19-20H,9-10,12H2,1-2H3.